The van der Waals surface area contributed by atoms with E-state index in [2.05, 4.69) is 15.3 Å². The first-order valence-electron chi connectivity index (χ1n) is 6.56. The number of hydrogen-bond donors (Lipinski definition) is 0. The Morgan fingerprint density at radius 3 is 2.39 bits per heavy atom. The SMILES string of the molecule is Fc1ccccc1-c1nn2c(-c3cccc(F)c3F)nnc2s1. The number of halogens is 3. The van der Waals surface area contributed by atoms with Crippen LogP contribution in [0, 0.1) is 17.5 Å². The molecule has 0 radical (unpaired) electrons. The van der Waals surface area contributed by atoms with Crippen LogP contribution < -0.4 is 0 Å². The maximum atomic E-state index is 13.9. The highest BCUT2D eigenvalue weighted by Crippen LogP contribution is 2.30. The van der Waals surface area contributed by atoms with Gasteiger partial charge in [0.25, 0.3) is 0 Å². The van der Waals surface area contributed by atoms with Crippen molar-refractivity contribution in [3.8, 4) is 22.0 Å². The predicted octanol–water partition coefficient (Wildman–Crippen LogP) is 3.94. The Kier molecular flexibility index (Phi) is 3.12. The number of nitrogens with zero attached hydrogens (tertiary/aromatic N) is 4. The summed E-state index contributed by atoms with van der Waals surface area (Å²) in [7, 11) is 0. The van der Waals surface area contributed by atoms with Crippen molar-refractivity contribution >= 4 is 16.3 Å². The summed E-state index contributed by atoms with van der Waals surface area (Å²) in [6.07, 6.45) is 0. The molecule has 2 aromatic heterocycles. The number of hydrogen-bond acceptors (Lipinski definition) is 4. The van der Waals surface area contributed by atoms with Gasteiger partial charge in [-0.2, -0.15) is 9.61 Å². The smallest absolute Gasteiger partial charge is 0.206 e. The number of aromatic nitrogens is 4. The first-order valence-corrected chi connectivity index (χ1v) is 7.38. The molecule has 0 aliphatic carbocycles. The molecule has 2 heterocycles. The molecule has 0 atom stereocenters. The minimum Gasteiger partial charge on any atom is -0.206 e. The fourth-order valence-corrected chi connectivity index (χ4v) is 3.07. The largest absolute Gasteiger partial charge is 0.235 e. The van der Waals surface area contributed by atoms with Gasteiger partial charge in [-0.05, 0) is 24.3 Å². The molecule has 0 aliphatic heterocycles. The summed E-state index contributed by atoms with van der Waals surface area (Å²) in [5.41, 5.74) is 0.261. The molecule has 8 heteroatoms. The van der Waals surface area contributed by atoms with Crippen molar-refractivity contribution in [1.82, 2.24) is 19.8 Å². The third kappa shape index (κ3) is 2.18. The molecule has 4 rings (SSSR count). The van der Waals surface area contributed by atoms with E-state index in [9.17, 15) is 13.2 Å². The van der Waals surface area contributed by atoms with E-state index in [1.807, 2.05) is 0 Å². The second-order valence-electron chi connectivity index (χ2n) is 4.71. The van der Waals surface area contributed by atoms with Crippen LogP contribution in [0.5, 0.6) is 0 Å². The lowest BCUT2D eigenvalue weighted by atomic mass is 10.2. The van der Waals surface area contributed by atoms with Crippen molar-refractivity contribution in [2.24, 2.45) is 0 Å². The van der Waals surface area contributed by atoms with E-state index in [4.69, 9.17) is 0 Å². The van der Waals surface area contributed by atoms with Crippen LogP contribution in [0.2, 0.25) is 0 Å². The molecule has 0 amide bonds. The van der Waals surface area contributed by atoms with Gasteiger partial charge in [-0.3, -0.25) is 0 Å². The van der Waals surface area contributed by atoms with Crippen LogP contribution in [0.1, 0.15) is 0 Å². The summed E-state index contributed by atoms with van der Waals surface area (Å²) in [5.74, 6) is -2.36. The highest BCUT2D eigenvalue weighted by Gasteiger charge is 2.19. The van der Waals surface area contributed by atoms with Gasteiger partial charge in [-0.25, -0.2) is 13.2 Å². The molecule has 0 fully saturated rings. The zero-order valence-corrected chi connectivity index (χ0v) is 12.2. The maximum absolute atomic E-state index is 13.9. The summed E-state index contributed by atoms with van der Waals surface area (Å²) >= 11 is 1.11. The molecule has 0 spiro atoms. The zero-order valence-electron chi connectivity index (χ0n) is 11.4. The lowest BCUT2D eigenvalue weighted by molar-refractivity contribution is 0.510. The van der Waals surface area contributed by atoms with Crippen molar-refractivity contribution < 1.29 is 13.2 Å². The highest BCUT2D eigenvalue weighted by atomic mass is 32.1. The monoisotopic (exact) mass is 332 g/mol. The first-order chi connectivity index (χ1) is 11.1. The van der Waals surface area contributed by atoms with Gasteiger partial charge >= 0.3 is 0 Å². The topological polar surface area (TPSA) is 43.1 Å². The molecular weight excluding hydrogens is 325 g/mol. The maximum Gasteiger partial charge on any atom is 0.235 e. The Labute approximate surface area is 131 Å². The molecule has 2 aromatic carbocycles. The summed E-state index contributed by atoms with van der Waals surface area (Å²) in [6.45, 7) is 0. The Balaban J connectivity index is 1.91. The Hall–Kier alpha value is -2.74. The van der Waals surface area contributed by atoms with E-state index >= 15 is 0 Å². The molecule has 0 aliphatic rings. The van der Waals surface area contributed by atoms with Gasteiger partial charge in [0.05, 0.1) is 5.56 Å². The quantitative estimate of drug-likeness (QED) is 0.558. The molecule has 0 saturated heterocycles. The highest BCUT2D eigenvalue weighted by molar-refractivity contribution is 7.19. The average Bonchev–Trinajstić information content (AvgIpc) is 3.11. The summed E-state index contributed by atoms with van der Waals surface area (Å²) in [4.78, 5) is 0.363. The van der Waals surface area contributed by atoms with E-state index in [0.29, 0.717) is 15.5 Å². The van der Waals surface area contributed by atoms with Crippen molar-refractivity contribution in [3.05, 3.63) is 59.9 Å². The van der Waals surface area contributed by atoms with Crippen LogP contribution >= 0.6 is 11.3 Å². The fraction of sp³-hybridized carbons (Fsp3) is 0. The van der Waals surface area contributed by atoms with Crippen LogP contribution in [-0.4, -0.2) is 19.8 Å². The lowest BCUT2D eigenvalue weighted by Gasteiger charge is -2.00. The predicted molar refractivity (Wildman–Crippen MR) is 79.4 cm³/mol. The normalized spacial score (nSPS) is 11.3. The van der Waals surface area contributed by atoms with Crippen molar-refractivity contribution in [1.29, 1.82) is 0 Å². The Morgan fingerprint density at radius 1 is 0.826 bits per heavy atom. The van der Waals surface area contributed by atoms with Gasteiger partial charge in [0.2, 0.25) is 4.96 Å². The van der Waals surface area contributed by atoms with Gasteiger partial charge in [-0.1, -0.05) is 29.5 Å². The van der Waals surface area contributed by atoms with E-state index in [1.165, 1.54) is 22.7 Å². The number of rotatable bonds is 2. The average molecular weight is 332 g/mol. The Bertz CT molecular complexity index is 1020. The Morgan fingerprint density at radius 2 is 1.57 bits per heavy atom. The number of fused-ring (bicyclic) bond motifs is 1. The van der Waals surface area contributed by atoms with Gasteiger partial charge < -0.3 is 0 Å². The van der Waals surface area contributed by atoms with Crippen molar-refractivity contribution in [2.75, 3.05) is 0 Å². The van der Waals surface area contributed by atoms with Crippen molar-refractivity contribution in [2.45, 2.75) is 0 Å². The molecule has 0 N–H and O–H groups in total. The van der Waals surface area contributed by atoms with E-state index in [-0.39, 0.29) is 11.4 Å². The molecule has 114 valence electrons. The van der Waals surface area contributed by atoms with Gasteiger partial charge in [-0.15, -0.1) is 10.2 Å². The third-order valence-corrected chi connectivity index (χ3v) is 4.22. The van der Waals surface area contributed by atoms with Crippen LogP contribution in [0.15, 0.2) is 42.5 Å². The van der Waals surface area contributed by atoms with Crippen molar-refractivity contribution in [3.63, 3.8) is 0 Å². The second-order valence-corrected chi connectivity index (χ2v) is 5.66. The van der Waals surface area contributed by atoms with Gasteiger partial charge in [0.1, 0.15) is 5.82 Å². The van der Waals surface area contributed by atoms with Crippen LogP contribution in [0.3, 0.4) is 0 Å². The van der Waals surface area contributed by atoms with Crippen LogP contribution in [-0.2, 0) is 0 Å². The molecular formula is C15H7F3N4S. The number of benzene rings is 2. The molecule has 4 nitrogen and oxygen atoms in total. The molecule has 0 unspecified atom stereocenters. The molecule has 4 aromatic rings. The van der Waals surface area contributed by atoms with Gasteiger partial charge in [0.15, 0.2) is 22.5 Å². The summed E-state index contributed by atoms with van der Waals surface area (Å²) < 4.78 is 42.5. The summed E-state index contributed by atoms with van der Waals surface area (Å²) in [6, 6.07) is 9.95. The van der Waals surface area contributed by atoms with E-state index < -0.39 is 17.5 Å². The van der Waals surface area contributed by atoms with Crippen LogP contribution in [0.4, 0.5) is 13.2 Å². The lowest BCUT2D eigenvalue weighted by Crippen LogP contribution is -1.96. The molecule has 23 heavy (non-hydrogen) atoms. The van der Waals surface area contributed by atoms with E-state index in [1.54, 1.807) is 18.2 Å². The first kappa shape index (κ1) is 13.9. The van der Waals surface area contributed by atoms with E-state index in [0.717, 1.165) is 17.4 Å². The third-order valence-electron chi connectivity index (χ3n) is 3.29. The molecule has 0 saturated carbocycles. The molecule has 0 bridgehead atoms. The van der Waals surface area contributed by atoms with Gasteiger partial charge in [0, 0.05) is 5.56 Å². The van der Waals surface area contributed by atoms with Crippen LogP contribution in [0.25, 0.3) is 26.9 Å². The minimum atomic E-state index is -1.03. The fourth-order valence-electron chi connectivity index (χ4n) is 2.20. The minimum absolute atomic E-state index is 0.0529. The second kappa shape index (κ2) is 5.17. The summed E-state index contributed by atoms with van der Waals surface area (Å²) in [5, 5.41) is 12.4. The zero-order chi connectivity index (χ0) is 16.0. The standard InChI is InChI=1S/C15H7F3N4S/c16-10-6-2-1-4-8(10)14-21-22-13(19-20-15(22)23-14)9-5-3-7-11(17)12(9)18/h1-7H.